The Morgan fingerprint density at radius 3 is 2.58 bits per heavy atom. The van der Waals surface area contributed by atoms with Crippen LogP contribution in [-0.4, -0.2) is 53.1 Å². The van der Waals surface area contributed by atoms with Gasteiger partial charge in [-0.15, -0.1) is 0 Å². The van der Waals surface area contributed by atoms with Crippen LogP contribution in [0.2, 0.25) is 5.02 Å². The van der Waals surface area contributed by atoms with Crippen molar-refractivity contribution in [3.63, 3.8) is 0 Å². The topological polar surface area (TPSA) is 85.8 Å². The molecule has 2 aromatic rings. The van der Waals surface area contributed by atoms with Gasteiger partial charge in [-0.1, -0.05) is 29.8 Å². The second-order valence-electron chi connectivity index (χ2n) is 8.47. The Balaban J connectivity index is 1.76. The van der Waals surface area contributed by atoms with Gasteiger partial charge in [0.1, 0.15) is 5.84 Å². The number of anilines is 1. The molecule has 3 rings (SSSR count). The first kappa shape index (κ1) is 27.8. The van der Waals surface area contributed by atoms with Crippen LogP contribution in [-0.2, 0) is 6.54 Å². The van der Waals surface area contributed by atoms with Gasteiger partial charge in [-0.2, -0.15) is 29.9 Å². The number of nitrogens with zero attached hydrogens (tertiary/aromatic N) is 2. The summed E-state index contributed by atoms with van der Waals surface area (Å²) in [7, 11) is 0. The van der Waals surface area contributed by atoms with Gasteiger partial charge in [0.15, 0.2) is 0 Å². The Morgan fingerprint density at radius 2 is 1.94 bits per heavy atom. The molecule has 2 amide bonds. The first-order valence-electron chi connectivity index (χ1n) is 11.0. The molecule has 2 atom stereocenters. The van der Waals surface area contributed by atoms with Crippen LogP contribution in [0.1, 0.15) is 45.7 Å². The van der Waals surface area contributed by atoms with E-state index in [4.69, 9.17) is 11.6 Å². The first-order chi connectivity index (χ1) is 16.9. The van der Waals surface area contributed by atoms with Crippen LogP contribution in [0.3, 0.4) is 0 Å². The van der Waals surface area contributed by atoms with Gasteiger partial charge in [0.05, 0.1) is 16.1 Å². The van der Waals surface area contributed by atoms with Crippen LogP contribution in [0.4, 0.5) is 18.9 Å². The minimum atomic E-state index is -4.51. The molecule has 3 N–H and O–H groups in total. The molecule has 1 aliphatic heterocycles. The third-order valence-electron chi connectivity index (χ3n) is 5.38. The fraction of sp³-hybridized carbons (Fsp3) is 0.375. The van der Waals surface area contributed by atoms with Crippen molar-refractivity contribution in [2.75, 3.05) is 17.3 Å². The Kier molecular flexibility index (Phi) is 8.91. The van der Waals surface area contributed by atoms with Crippen molar-refractivity contribution < 1.29 is 22.8 Å². The highest BCUT2D eigenvalue weighted by Gasteiger charge is 2.46. The molecule has 194 valence electrons. The van der Waals surface area contributed by atoms with Crippen molar-refractivity contribution in [2.24, 2.45) is 4.99 Å². The fourth-order valence-electron chi connectivity index (χ4n) is 3.81. The van der Waals surface area contributed by atoms with Crippen molar-refractivity contribution >= 4 is 46.7 Å². The van der Waals surface area contributed by atoms with E-state index in [-0.39, 0.29) is 34.6 Å². The maximum atomic E-state index is 13.3. The molecule has 0 fully saturated rings. The summed E-state index contributed by atoms with van der Waals surface area (Å²) in [6.45, 7) is 5.01. The Hall–Kier alpha value is -2.76. The van der Waals surface area contributed by atoms with Crippen molar-refractivity contribution in [3.05, 3.63) is 63.7 Å². The number of hydrazine groups is 1. The van der Waals surface area contributed by atoms with Gasteiger partial charge in [0.2, 0.25) is 6.17 Å². The second kappa shape index (κ2) is 11.5. The number of aryl methyl sites for hydroxylation is 1. The number of hydrogen-bond donors (Lipinski definition) is 3. The zero-order valence-electron chi connectivity index (χ0n) is 20.2. The predicted octanol–water partition coefficient (Wildman–Crippen LogP) is 5.01. The van der Waals surface area contributed by atoms with Crippen LogP contribution in [0.25, 0.3) is 0 Å². The number of carbonyl (C=O) groups excluding carboxylic acids is 2. The molecule has 0 aliphatic carbocycles. The summed E-state index contributed by atoms with van der Waals surface area (Å²) in [6, 6.07) is 9.44. The van der Waals surface area contributed by atoms with E-state index >= 15 is 0 Å². The van der Waals surface area contributed by atoms with E-state index in [9.17, 15) is 22.8 Å². The van der Waals surface area contributed by atoms with Crippen molar-refractivity contribution in [1.29, 1.82) is 0 Å². The molecule has 7 nitrogen and oxygen atoms in total. The normalized spacial score (nSPS) is 16.8. The Bertz CT molecular complexity index is 1170. The standard InChI is InChI=1S/C24H27ClF3N5O2S/c1-13-10-16(11-33-23(24(26,27)28)30-15(3)32-33)8-9-19(13)31-21(34)17-6-5-7-18(25)20(17)22(35)29-14(2)12-36-4/h5-10,14,23H,11-12H2,1-4H3,(H,29,35)(H,30,32)(H,31,34). The highest BCUT2D eigenvalue weighted by Crippen LogP contribution is 2.29. The number of aliphatic imine (C=N–C) groups is 1. The summed E-state index contributed by atoms with van der Waals surface area (Å²) in [5, 5.41) is 6.78. The minimum absolute atomic E-state index is 0.0487. The predicted molar refractivity (Wildman–Crippen MR) is 138 cm³/mol. The van der Waals surface area contributed by atoms with Gasteiger partial charge < -0.3 is 16.1 Å². The number of alkyl halides is 3. The fourth-order valence-corrected chi connectivity index (χ4v) is 4.65. The van der Waals surface area contributed by atoms with Gasteiger partial charge in [0.25, 0.3) is 11.8 Å². The van der Waals surface area contributed by atoms with Gasteiger partial charge in [-0.05, 0) is 56.4 Å². The largest absolute Gasteiger partial charge is 0.425 e. The molecular weight excluding hydrogens is 515 g/mol. The number of nitrogens with one attached hydrogen (secondary N) is 3. The number of carbonyl (C=O) groups is 2. The van der Waals surface area contributed by atoms with Crippen LogP contribution in [0.5, 0.6) is 0 Å². The van der Waals surface area contributed by atoms with E-state index in [1.165, 1.54) is 13.0 Å². The van der Waals surface area contributed by atoms with E-state index in [1.54, 1.807) is 49.0 Å². The van der Waals surface area contributed by atoms with Gasteiger partial charge in [-0.25, -0.2) is 4.99 Å². The number of halogens is 4. The van der Waals surface area contributed by atoms with Crippen molar-refractivity contribution in [3.8, 4) is 0 Å². The quantitative estimate of drug-likeness (QED) is 0.437. The van der Waals surface area contributed by atoms with E-state index in [1.807, 2.05) is 13.2 Å². The van der Waals surface area contributed by atoms with Crippen LogP contribution in [0.15, 0.2) is 41.4 Å². The molecule has 0 bridgehead atoms. The molecule has 0 radical (unpaired) electrons. The highest BCUT2D eigenvalue weighted by molar-refractivity contribution is 7.98. The molecule has 2 unspecified atom stereocenters. The van der Waals surface area contributed by atoms with Crippen LogP contribution < -0.4 is 16.1 Å². The van der Waals surface area contributed by atoms with Gasteiger partial charge >= 0.3 is 6.18 Å². The molecule has 0 saturated heterocycles. The average molecular weight is 542 g/mol. The molecule has 0 aromatic heterocycles. The molecule has 12 heteroatoms. The molecule has 36 heavy (non-hydrogen) atoms. The number of rotatable bonds is 8. The summed E-state index contributed by atoms with van der Waals surface area (Å²) < 4.78 is 39.9. The lowest BCUT2D eigenvalue weighted by Gasteiger charge is -2.25. The lowest BCUT2D eigenvalue weighted by atomic mass is 10.0. The molecule has 2 aromatic carbocycles. The summed E-state index contributed by atoms with van der Waals surface area (Å²) in [6.07, 6.45) is -4.55. The Morgan fingerprint density at radius 1 is 1.22 bits per heavy atom. The number of hydrogen-bond acceptors (Lipinski definition) is 6. The monoisotopic (exact) mass is 541 g/mol. The SMILES string of the molecule is CSCC(C)NC(=O)c1c(Cl)cccc1C(=O)Nc1ccc(CN2NC(C)=NC2C(F)(F)F)cc1C. The third-order valence-corrected chi connectivity index (χ3v) is 6.53. The minimum Gasteiger partial charge on any atom is -0.349 e. The van der Waals surface area contributed by atoms with Crippen LogP contribution in [0, 0.1) is 6.92 Å². The molecular formula is C24H27ClF3N5O2S. The maximum absolute atomic E-state index is 13.3. The van der Waals surface area contributed by atoms with E-state index in [0.29, 0.717) is 22.6 Å². The summed E-state index contributed by atoms with van der Waals surface area (Å²) in [4.78, 5) is 29.5. The maximum Gasteiger partial charge on any atom is 0.425 e. The van der Waals surface area contributed by atoms with E-state index in [2.05, 4.69) is 21.1 Å². The van der Waals surface area contributed by atoms with Crippen molar-refractivity contribution in [2.45, 2.75) is 45.7 Å². The average Bonchev–Trinajstić information content (AvgIpc) is 3.16. The lowest BCUT2D eigenvalue weighted by Crippen LogP contribution is -2.46. The summed E-state index contributed by atoms with van der Waals surface area (Å²) >= 11 is 7.85. The summed E-state index contributed by atoms with van der Waals surface area (Å²) in [5.41, 5.74) is 4.52. The van der Waals surface area contributed by atoms with Gasteiger partial charge in [0, 0.05) is 24.0 Å². The number of benzene rings is 2. The van der Waals surface area contributed by atoms with E-state index < -0.39 is 24.2 Å². The number of amidine groups is 1. The first-order valence-corrected chi connectivity index (χ1v) is 12.8. The van der Waals surface area contributed by atoms with Gasteiger partial charge in [-0.3, -0.25) is 9.59 Å². The smallest absolute Gasteiger partial charge is 0.349 e. The van der Waals surface area contributed by atoms with Crippen LogP contribution >= 0.6 is 23.4 Å². The molecule has 0 spiro atoms. The highest BCUT2D eigenvalue weighted by atomic mass is 35.5. The lowest BCUT2D eigenvalue weighted by molar-refractivity contribution is -0.183. The summed E-state index contributed by atoms with van der Waals surface area (Å²) in [5.74, 6) is -0.0965. The Labute approximate surface area is 216 Å². The number of thioether (sulfide) groups is 1. The zero-order chi connectivity index (χ0) is 26.6. The third kappa shape index (κ3) is 6.71. The van der Waals surface area contributed by atoms with Crippen molar-refractivity contribution in [1.82, 2.24) is 15.8 Å². The molecule has 1 heterocycles. The molecule has 1 aliphatic rings. The zero-order valence-corrected chi connectivity index (χ0v) is 21.7. The second-order valence-corrected chi connectivity index (χ2v) is 9.78. The van der Waals surface area contributed by atoms with E-state index in [0.717, 1.165) is 5.01 Å². The number of amides is 2. The molecule has 0 saturated carbocycles.